The lowest BCUT2D eigenvalue weighted by molar-refractivity contribution is -0.131. The molecule has 9 heteroatoms. The van der Waals surface area contributed by atoms with E-state index in [1.165, 1.54) is 19.3 Å². The van der Waals surface area contributed by atoms with Crippen LogP contribution < -0.4 is 5.32 Å². The lowest BCUT2D eigenvalue weighted by Crippen LogP contribution is -2.49. The van der Waals surface area contributed by atoms with Crippen LogP contribution in [0.2, 0.25) is 0 Å². The van der Waals surface area contributed by atoms with Gasteiger partial charge in [-0.3, -0.25) is 9.59 Å². The van der Waals surface area contributed by atoms with Crippen molar-refractivity contribution in [1.29, 1.82) is 0 Å². The second-order valence-electron chi connectivity index (χ2n) is 9.37. The van der Waals surface area contributed by atoms with Crippen molar-refractivity contribution < 1.29 is 28.3 Å². The SMILES string of the molecule is CCC(NC(=O)C(CCC1CCCCC1)OC(=O)N1CCOCC1)C(=O)c1nc2ccccc2o1. The van der Waals surface area contributed by atoms with Gasteiger partial charge in [0.2, 0.25) is 5.78 Å². The van der Waals surface area contributed by atoms with Crippen molar-refractivity contribution in [2.45, 2.75) is 70.4 Å². The highest BCUT2D eigenvalue weighted by atomic mass is 16.6. The molecular formula is C26H35N3O6. The van der Waals surface area contributed by atoms with Crippen LogP contribution in [0.3, 0.4) is 0 Å². The highest BCUT2D eigenvalue weighted by Gasteiger charge is 2.32. The number of para-hydroxylation sites is 2. The fourth-order valence-corrected chi connectivity index (χ4v) is 4.79. The zero-order chi connectivity index (χ0) is 24.6. The van der Waals surface area contributed by atoms with Crippen LogP contribution in [-0.4, -0.2) is 66.1 Å². The molecule has 2 aliphatic rings. The summed E-state index contributed by atoms with van der Waals surface area (Å²) in [4.78, 5) is 44.9. The molecular weight excluding hydrogens is 450 g/mol. The highest BCUT2D eigenvalue weighted by molar-refractivity contribution is 6.00. The molecule has 0 spiro atoms. The summed E-state index contributed by atoms with van der Waals surface area (Å²) in [5, 5.41) is 2.80. The monoisotopic (exact) mass is 485 g/mol. The van der Waals surface area contributed by atoms with Crippen molar-refractivity contribution in [1.82, 2.24) is 15.2 Å². The molecule has 190 valence electrons. The predicted molar refractivity (Wildman–Crippen MR) is 129 cm³/mol. The molecule has 4 rings (SSSR count). The van der Waals surface area contributed by atoms with Gasteiger partial charge in [-0.15, -0.1) is 0 Å². The highest BCUT2D eigenvalue weighted by Crippen LogP contribution is 2.28. The number of nitrogens with zero attached hydrogens (tertiary/aromatic N) is 2. The van der Waals surface area contributed by atoms with Crippen molar-refractivity contribution in [3.63, 3.8) is 0 Å². The number of nitrogens with one attached hydrogen (secondary N) is 1. The number of carbonyl (C=O) groups is 3. The first-order valence-electron chi connectivity index (χ1n) is 12.8. The number of hydrogen-bond acceptors (Lipinski definition) is 7. The van der Waals surface area contributed by atoms with Gasteiger partial charge in [0.05, 0.1) is 19.3 Å². The number of Topliss-reactive ketones (excluding diaryl/α,β-unsaturated/α-hetero) is 1. The molecule has 1 aromatic carbocycles. The maximum absolute atomic E-state index is 13.3. The molecule has 1 aromatic heterocycles. The number of hydrogen-bond donors (Lipinski definition) is 1. The summed E-state index contributed by atoms with van der Waals surface area (Å²) in [6.45, 7) is 3.57. The number of morpholine rings is 1. The van der Waals surface area contributed by atoms with Crippen molar-refractivity contribution in [2.75, 3.05) is 26.3 Å². The molecule has 9 nitrogen and oxygen atoms in total. The van der Waals surface area contributed by atoms with E-state index in [1.54, 1.807) is 23.1 Å². The van der Waals surface area contributed by atoms with Gasteiger partial charge < -0.3 is 24.1 Å². The summed E-state index contributed by atoms with van der Waals surface area (Å²) >= 11 is 0. The maximum atomic E-state index is 13.3. The third kappa shape index (κ3) is 6.60. The van der Waals surface area contributed by atoms with Crippen LogP contribution in [0.1, 0.15) is 69.0 Å². The molecule has 0 radical (unpaired) electrons. The second-order valence-corrected chi connectivity index (χ2v) is 9.37. The topological polar surface area (TPSA) is 111 Å². The molecule has 1 saturated carbocycles. The Labute approximate surface area is 205 Å². The Hall–Kier alpha value is -2.94. The summed E-state index contributed by atoms with van der Waals surface area (Å²) in [6.07, 6.45) is 6.05. The van der Waals surface area contributed by atoms with Crippen LogP contribution in [0.5, 0.6) is 0 Å². The standard InChI is InChI=1S/C26H35N3O6/c1-2-19(23(30)25-28-20-10-6-7-11-21(20)34-25)27-24(31)22(13-12-18-8-4-3-5-9-18)35-26(32)29-14-16-33-17-15-29/h6-7,10-11,18-19,22H,2-5,8-9,12-17H2,1H3,(H,27,31). The lowest BCUT2D eigenvalue weighted by atomic mass is 9.85. The molecule has 2 unspecified atom stereocenters. The normalized spacial score (nSPS) is 18.7. The van der Waals surface area contributed by atoms with Crippen molar-refractivity contribution in [3.8, 4) is 0 Å². The maximum Gasteiger partial charge on any atom is 0.410 e. The quantitative estimate of drug-likeness (QED) is 0.532. The lowest BCUT2D eigenvalue weighted by Gasteiger charge is -2.29. The van der Waals surface area contributed by atoms with Gasteiger partial charge in [0, 0.05) is 13.1 Å². The van der Waals surface area contributed by atoms with Gasteiger partial charge in [0.1, 0.15) is 5.52 Å². The van der Waals surface area contributed by atoms with Crippen LogP contribution in [0.25, 0.3) is 11.1 Å². The van der Waals surface area contributed by atoms with Crippen LogP contribution in [0.15, 0.2) is 28.7 Å². The Morgan fingerprint density at radius 1 is 1.14 bits per heavy atom. The summed E-state index contributed by atoms with van der Waals surface area (Å²) < 4.78 is 16.6. The minimum atomic E-state index is -0.960. The summed E-state index contributed by atoms with van der Waals surface area (Å²) in [6, 6.07) is 6.31. The van der Waals surface area contributed by atoms with Gasteiger partial charge in [0.15, 0.2) is 11.7 Å². The minimum absolute atomic E-state index is 0.0394. The van der Waals surface area contributed by atoms with Crippen LogP contribution in [-0.2, 0) is 14.3 Å². The smallest absolute Gasteiger partial charge is 0.410 e. The predicted octanol–water partition coefficient (Wildman–Crippen LogP) is 4.10. The zero-order valence-corrected chi connectivity index (χ0v) is 20.4. The Bertz CT molecular complexity index is 976. The average molecular weight is 486 g/mol. The number of carbonyl (C=O) groups excluding carboxylic acids is 3. The first-order chi connectivity index (χ1) is 17.0. The number of amides is 2. The summed E-state index contributed by atoms with van der Waals surface area (Å²) in [5.41, 5.74) is 1.10. The molecule has 1 N–H and O–H groups in total. The van der Waals surface area contributed by atoms with E-state index in [0.29, 0.717) is 56.2 Å². The number of ether oxygens (including phenoxy) is 2. The van der Waals surface area contributed by atoms with Gasteiger partial charge in [0.25, 0.3) is 11.8 Å². The average Bonchev–Trinajstić information content (AvgIpc) is 3.34. The van der Waals surface area contributed by atoms with Crippen molar-refractivity contribution >= 4 is 28.9 Å². The zero-order valence-electron chi connectivity index (χ0n) is 20.4. The first kappa shape index (κ1) is 25.2. The number of fused-ring (bicyclic) bond motifs is 1. The van der Waals surface area contributed by atoms with Gasteiger partial charge in [-0.05, 0) is 37.3 Å². The van der Waals surface area contributed by atoms with E-state index in [0.717, 1.165) is 19.3 Å². The fourth-order valence-electron chi connectivity index (χ4n) is 4.79. The van der Waals surface area contributed by atoms with E-state index in [9.17, 15) is 14.4 Å². The Kier molecular flexibility index (Phi) is 8.74. The largest absolute Gasteiger partial charge is 0.436 e. The molecule has 35 heavy (non-hydrogen) atoms. The van der Waals surface area contributed by atoms with Gasteiger partial charge >= 0.3 is 6.09 Å². The van der Waals surface area contributed by atoms with Crippen molar-refractivity contribution in [2.24, 2.45) is 5.92 Å². The summed E-state index contributed by atoms with van der Waals surface area (Å²) in [7, 11) is 0. The van der Waals surface area contributed by atoms with Crippen LogP contribution in [0.4, 0.5) is 4.79 Å². The van der Waals surface area contributed by atoms with Gasteiger partial charge in [-0.2, -0.15) is 0 Å². The molecule has 1 aliphatic carbocycles. The Balaban J connectivity index is 1.42. The van der Waals surface area contributed by atoms with E-state index >= 15 is 0 Å². The molecule has 2 atom stereocenters. The number of ketones is 1. The van der Waals surface area contributed by atoms with E-state index in [4.69, 9.17) is 13.9 Å². The molecule has 2 heterocycles. The number of oxazole rings is 1. The van der Waals surface area contributed by atoms with Gasteiger partial charge in [-0.25, -0.2) is 9.78 Å². The number of benzene rings is 1. The molecule has 0 bridgehead atoms. The molecule has 2 fully saturated rings. The molecule has 2 amide bonds. The van der Waals surface area contributed by atoms with E-state index < -0.39 is 29.9 Å². The van der Waals surface area contributed by atoms with Crippen LogP contribution >= 0.6 is 0 Å². The Morgan fingerprint density at radius 2 is 1.89 bits per heavy atom. The summed E-state index contributed by atoms with van der Waals surface area (Å²) in [5.74, 6) is -0.367. The number of rotatable bonds is 9. The molecule has 1 saturated heterocycles. The minimum Gasteiger partial charge on any atom is -0.436 e. The fraction of sp³-hybridized carbons (Fsp3) is 0.615. The third-order valence-electron chi connectivity index (χ3n) is 6.91. The third-order valence-corrected chi connectivity index (χ3v) is 6.91. The Morgan fingerprint density at radius 3 is 2.60 bits per heavy atom. The van der Waals surface area contributed by atoms with Crippen molar-refractivity contribution in [3.05, 3.63) is 30.2 Å². The van der Waals surface area contributed by atoms with Gasteiger partial charge in [-0.1, -0.05) is 51.2 Å². The molecule has 1 aliphatic heterocycles. The van der Waals surface area contributed by atoms with Crippen LogP contribution in [0, 0.1) is 5.92 Å². The van der Waals surface area contributed by atoms with E-state index in [1.807, 2.05) is 13.0 Å². The second kappa shape index (κ2) is 12.2. The van der Waals surface area contributed by atoms with E-state index in [2.05, 4.69) is 10.3 Å². The first-order valence-corrected chi connectivity index (χ1v) is 12.8. The van der Waals surface area contributed by atoms with E-state index in [-0.39, 0.29) is 5.89 Å². The molecule has 2 aromatic rings. The number of aromatic nitrogens is 1.